The summed E-state index contributed by atoms with van der Waals surface area (Å²) >= 11 is 0. The minimum atomic E-state index is -1.22. The second-order valence-corrected chi connectivity index (χ2v) is 4.49. The first-order valence-electron chi connectivity index (χ1n) is 6.60. The number of carboxylic acid groups (broad SMARTS) is 1. The molecule has 2 rings (SSSR count). The van der Waals surface area contributed by atoms with Crippen LogP contribution in [0.1, 0.15) is 31.1 Å². The average Bonchev–Trinajstić information content (AvgIpc) is 2.59. The van der Waals surface area contributed by atoms with Crippen LogP contribution >= 0.6 is 0 Å². The molecule has 0 fully saturated rings. The van der Waals surface area contributed by atoms with Crippen molar-refractivity contribution in [2.24, 2.45) is 0 Å². The molecule has 118 valence electrons. The fourth-order valence-corrected chi connectivity index (χ4v) is 1.86. The quantitative estimate of drug-likeness (QED) is 0.741. The van der Waals surface area contributed by atoms with Crippen LogP contribution in [-0.4, -0.2) is 30.0 Å². The molecule has 0 bridgehead atoms. The maximum atomic E-state index is 12.0. The molecule has 0 heterocycles. The number of hydrogen-bond acceptors (Lipinski definition) is 4. The minimum Gasteiger partial charge on any atom is -0.497 e. The van der Waals surface area contributed by atoms with Gasteiger partial charge in [0.1, 0.15) is 5.75 Å². The zero-order valence-electron chi connectivity index (χ0n) is 12.2. The van der Waals surface area contributed by atoms with Gasteiger partial charge in [-0.3, -0.25) is 20.4 Å². The third kappa shape index (κ3) is 3.85. The van der Waals surface area contributed by atoms with Crippen LogP contribution < -0.4 is 15.6 Å². The van der Waals surface area contributed by atoms with E-state index in [2.05, 4.69) is 10.9 Å². The van der Waals surface area contributed by atoms with Crippen molar-refractivity contribution >= 4 is 17.8 Å². The van der Waals surface area contributed by atoms with E-state index in [1.807, 2.05) is 0 Å². The lowest BCUT2D eigenvalue weighted by Crippen LogP contribution is -2.42. The van der Waals surface area contributed by atoms with Crippen LogP contribution in [-0.2, 0) is 0 Å². The van der Waals surface area contributed by atoms with E-state index in [1.54, 1.807) is 12.1 Å². The van der Waals surface area contributed by atoms with Crippen LogP contribution in [0.5, 0.6) is 5.75 Å². The van der Waals surface area contributed by atoms with Crippen molar-refractivity contribution in [1.29, 1.82) is 0 Å². The van der Waals surface area contributed by atoms with Crippen molar-refractivity contribution in [3.63, 3.8) is 0 Å². The minimum absolute atomic E-state index is 0.0463. The van der Waals surface area contributed by atoms with Gasteiger partial charge in [0.05, 0.1) is 18.2 Å². The first kappa shape index (κ1) is 16.0. The molecule has 0 atom stereocenters. The molecule has 2 amide bonds. The Hall–Kier alpha value is -3.35. The third-order valence-corrected chi connectivity index (χ3v) is 3.04. The van der Waals surface area contributed by atoms with Gasteiger partial charge >= 0.3 is 5.97 Å². The highest BCUT2D eigenvalue weighted by Crippen LogP contribution is 2.11. The van der Waals surface area contributed by atoms with Gasteiger partial charge < -0.3 is 9.84 Å². The van der Waals surface area contributed by atoms with Crippen LogP contribution in [0.15, 0.2) is 48.5 Å². The summed E-state index contributed by atoms with van der Waals surface area (Å²) in [5.74, 6) is -1.88. The molecule has 0 spiro atoms. The Morgan fingerprint density at radius 3 is 2.00 bits per heavy atom. The Morgan fingerprint density at radius 1 is 0.870 bits per heavy atom. The lowest BCUT2D eigenvalue weighted by atomic mass is 10.1. The van der Waals surface area contributed by atoms with E-state index in [9.17, 15) is 14.4 Å². The van der Waals surface area contributed by atoms with Crippen LogP contribution in [0.2, 0.25) is 0 Å². The van der Waals surface area contributed by atoms with Crippen molar-refractivity contribution < 1.29 is 24.2 Å². The molecule has 7 heteroatoms. The Kier molecular flexibility index (Phi) is 4.93. The second kappa shape index (κ2) is 7.08. The fourth-order valence-electron chi connectivity index (χ4n) is 1.86. The number of carboxylic acids is 1. The third-order valence-electron chi connectivity index (χ3n) is 3.04. The number of aromatic carboxylic acids is 1. The SMILES string of the molecule is COc1ccc(C(=O)NNC(=O)c2ccccc2C(=O)O)cc1. The van der Waals surface area contributed by atoms with Gasteiger partial charge in [0.15, 0.2) is 0 Å². The van der Waals surface area contributed by atoms with Gasteiger partial charge in [0.2, 0.25) is 0 Å². The number of carbonyl (C=O) groups is 3. The molecule has 2 aromatic carbocycles. The largest absolute Gasteiger partial charge is 0.497 e. The van der Waals surface area contributed by atoms with Gasteiger partial charge in [-0.15, -0.1) is 0 Å². The maximum absolute atomic E-state index is 12.0. The molecule has 0 aliphatic rings. The van der Waals surface area contributed by atoms with Crippen LogP contribution in [0.4, 0.5) is 0 Å². The number of rotatable bonds is 4. The zero-order chi connectivity index (χ0) is 16.8. The van der Waals surface area contributed by atoms with Gasteiger partial charge in [-0.05, 0) is 36.4 Å². The van der Waals surface area contributed by atoms with E-state index < -0.39 is 17.8 Å². The number of hydrogen-bond donors (Lipinski definition) is 3. The van der Waals surface area contributed by atoms with Crippen molar-refractivity contribution in [2.45, 2.75) is 0 Å². The summed E-state index contributed by atoms with van der Waals surface area (Å²) in [5.41, 5.74) is 4.54. The summed E-state index contributed by atoms with van der Waals surface area (Å²) in [4.78, 5) is 35.0. The van der Waals surface area contributed by atoms with Gasteiger partial charge in [-0.2, -0.15) is 0 Å². The van der Waals surface area contributed by atoms with Crippen molar-refractivity contribution in [2.75, 3.05) is 7.11 Å². The molecule has 0 aliphatic carbocycles. The highest BCUT2D eigenvalue weighted by atomic mass is 16.5. The normalized spacial score (nSPS) is 9.78. The van der Waals surface area contributed by atoms with E-state index in [0.717, 1.165) is 0 Å². The number of benzene rings is 2. The molecule has 3 N–H and O–H groups in total. The lowest BCUT2D eigenvalue weighted by Gasteiger charge is -2.09. The molecule has 0 saturated heterocycles. The average molecular weight is 314 g/mol. The highest BCUT2D eigenvalue weighted by molar-refractivity contribution is 6.05. The van der Waals surface area contributed by atoms with Gasteiger partial charge in [-0.25, -0.2) is 4.79 Å². The van der Waals surface area contributed by atoms with E-state index in [0.29, 0.717) is 11.3 Å². The monoisotopic (exact) mass is 314 g/mol. The van der Waals surface area contributed by atoms with E-state index in [4.69, 9.17) is 9.84 Å². The predicted octanol–water partition coefficient (Wildman–Crippen LogP) is 1.47. The molecular formula is C16H14N2O5. The summed E-state index contributed by atoms with van der Waals surface area (Å²) in [5, 5.41) is 9.04. The predicted molar refractivity (Wildman–Crippen MR) is 81.3 cm³/mol. The number of amides is 2. The molecule has 23 heavy (non-hydrogen) atoms. The molecule has 0 unspecified atom stereocenters. The number of ether oxygens (including phenoxy) is 1. The van der Waals surface area contributed by atoms with Gasteiger partial charge in [0, 0.05) is 5.56 Å². The number of nitrogens with one attached hydrogen (secondary N) is 2. The van der Waals surface area contributed by atoms with Gasteiger partial charge in [-0.1, -0.05) is 12.1 Å². The summed E-state index contributed by atoms with van der Waals surface area (Å²) in [6.07, 6.45) is 0. The van der Waals surface area contributed by atoms with Gasteiger partial charge in [0.25, 0.3) is 11.8 Å². The maximum Gasteiger partial charge on any atom is 0.336 e. The highest BCUT2D eigenvalue weighted by Gasteiger charge is 2.16. The first-order valence-corrected chi connectivity index (χ1v) is 6.60. The van der Waals surface area contributed by atoms with Crippen molar-refractivity contribution in [1.82, 2.24) is 10.9 Å². The Balaban J connectivity index is 2.04. The van der Waals surface area contributed by atoms with Crippen molar-refractivity contribution in [3.8, 4) is 5.75 Å². The standard InChI is InChI=1S/C16H14N2O5/c1-23-11-8-6-10(7-9-11)14(19)17-18-15(20)12-4-2-3-5-13(12)16(21)22/h2-9H,1H3,(H,17,19)(H,18,20)(H,21,22). The van der Waals surface area contributed by atoms with E-state index >= 15 is 0 Å². The molecule has 0 aromatic heterocycles. The molecule has 0 saturated carbocycles. The molecule has 7 nitrogen and oxygen atoms in total. The summed E-state index contributed by atoms with van der Waals surface area (Å²) in [6.45, 7) is 0. The summed E-state index contributed by atoms with van der Waals surface area (Å²) in [7, 11) is 1.51. The van der Waals surface area contributed by atoms with Crippen LogP contribution in [0, 0.1) is 0 Å². The first-order chi connectivity index (χ1) is 11.0. The Bertz CT molecular complexity index is 740. The van der Waals surface area contributed by atoms with E-state index in [1.165, 1.54) is 43.5 Å². The number of methoxy groups -OCH3 is 1. The topological polar surface area (TPSA) is 105 Å². The molecular weight excluding hydrogens is 300 g/mol. The number of hydrazine groups is 1. The Labute approximate surface area is 131 Å². The van der Waals surface area contributed by atoms with Crippen molar-refractivity contribution in [3.05, 3.63) is 65.2 Å². The lowest BCUT2D eigenvalue weighted by molar-refractivity contribution is 0.0690. The van der Waals surface area contributed by atoms with Crippen LogP contribution in [0.25, 0.3) is 0 Å². The molecule has 0 aliphatic heterocycles. The number of carbonyl (C=O) groups excluding carboxylic acids is 2. The molecule has 0 radical (unpaired) electrons. The smallest absolute Gasteiger partial charge is 0.336 e. The van der Waals surface area contributed by atoms with E-state index in [-0.39, 0.29) is 11.1 Å². The summed E-state index contributed by atoms with van der Waals surface area (Å²) < 4.78 is 4.98. The van der Waals surface area contributed by atoms with Crippen LogP contribution in [0.3, 0.4) is 0 Å². The molecule has 2 aromatic rings. The fraction of sp³-hybridized carbons (Fsp3) is 0.0625. The zero-order valence-corrected chi connectivity index (χ0v) is 12.2. The summed E-state index contributed by atoms with van der Waals surface area (Å²) in [6, 6.07) is 12.0. The second-order valence-electron chi connectivity index (χ2n) is 4.49. The Morgan fingerprint density at radius 2 is 1.43 bits per heavy atom.